The highest BCUT2D eigenvalue weighted by atomic mass is 35.5. The SMILES string of the molecule is C[C@@H]1OCC[C@@H]1C(=O)N1CC[C@@H](c2ccc(Cl)cc2)C1. The average Bonchev–Trinajstić information content (AvgIpc) is 3.08. The van der Waals surface area contributed by atoms with E-state index in [2.05, 4.69) is 12.1 Å². The van der Waals surface area contributed by atoms with Crippen LogP contribution in [0.1, 0.15) is 31.2 Å². The zero-order valence-electron chi connectivity index (χ0n) is 11.7. The molecule has 3 atom stereocenters. The first kappa shape index (κ1) is 13.9. The van der Waals surface area contributed by atoms with Crippen LogP contribution in [-0.4, -0.2) is 36.6 Å². The summed E-state index contributed by atoms with van der Waals surface area (Å²) in [6, 6.07) is 7.99. The highest BCUT2D eigenvalue weighted by molar-refractivity contribution is 6.30. The monoisotopic (exact) mass is 293 g/mol. The van der Waals surface area contributed by atoms with Crippen LogP contribution in [0.15, 0.2) is 24.3 Å². The fraction of sp³-hybridized carbons (Fsp3) is 0.562. The standard InChI is InChI=1S/C16H20ClNO2/c1-11-15(7-9-20-11)16(19)18-8-6-13(10-18)12-2-4-14(17)5-3-12/h2-5,11,13,15H,6-10H2,1H3/t11-,13+,15-/m0/s1. The van der Waals surface area contributed by atoms with E-state index in [-0.39, 0.29) is 17.9 Å². The molecular weight excluding hydrogens is 274 g/mol. The number of benzene rings is 1. The molecule has 2 heterocycles. The number of amides is 1. The van der Waals surface area contributed by atoms with Crippen LogP contribution in [0, 0.1) is 5.92 Å². The third-order valence-corrected chi connectivity index (χ3v) is 4.79. The van der Waals surface area contributed by atoms with Gasteiger partial charge in [0.1, 0.15) is 0 Å². The van der Waals surface area contributed by atoms with E-state index in [0.717, 1.165) is 31.0 Å². The Kier molecular flexibility index (Phi) is 3.99. The van der Waals surface area contributed by atoms with E-state index in [1.165, 1.54) is 5.56 Å². The largest absolute Gasteiger partial charge is 0.378 e. The number of hydrogen-bond donors (Lipinski definition) is 0. The third-order valence-electron chi connectivity index (χ3n) is 4.53. The Labute approximate surface area is 124 Å². The van der Waals surface area contributed by atoms with Gasteiger partial charge in [-0.05, 0) is 37.5 Å². The van der Waals surface area contributed by atoms with Gasteiger partial charge in [-0.3, -0.25) is 4.79 Å². The molecule has 4 heteroatoms. The molecule has 20 heavy (non-hydrogen) atoms. The van der Waals surface area contributed by atoms with E-state index in [4.69, 9.17) is 16.3 Å². The number of ether oxygens (including phenoxy) is 1. The van der Waals surface area contributed by atoms with Crippen LogP contribution >= 0.6 is 11.6 Å². The van der Waals surface area contributed by atoms with Gasteiger partial charge in [0, 0.05) is 30.6 Å². The minimum atomic E-state index is 0.0546. The van der Waals surface area contributed by atoms with Crippen molar-refractivity contribution in [1.29, 1.82) is 0 Å². The fourth-order valence-corrected chi connectivity index (χ4v) is 3.38. The molecule has 1 amide bonds. The second-order valence-corrected chi connectivity index (χ2v) is 6.23. The predicted octanol–water partition coefficient (Wildman–Crippen LogP) is 3.08. The minimum Gasteiger partial charge on any atom is -0.378 e. The summed E-state index contributed by atoms with van der Waals surface area (Å²) >= 11 is 5.92. The van der Waals surface area contributed by atoms with Crippen molar-refractivity contribution in [2.24, 2.45) is 5.92 Å². The summed E-state index contributed by atoms with van der Waals surface area (Å²) in [6.07, 6.45) is 1.97. The zero-order chi connectivity index (χ0) is 14.1. The van der Waals surface area contributed by atoms with Crippen LogP contribution in [0.5, 0.6) is 0 Å². The molecular formula is C16H20ClNO2. The molecule has 2 fully saturated rings. The van der Waals surface area contributed by atoms with Gasteiger partial charge in [0.05, 0.1) is 12.0 Å². The van der Waals surface area contributed by atoms with E-state index >= 15 is 0 Å². The van der Waals surface area contributed by atoms with Crippen molar-refractivity contribution in [3.8, 4) is 0 Å². The molecule has 2 aliphatic heterocycles. The minimum absolute atomic E-state index is 0.0546. The van der Waals surface area contributed by atoms with E-state index in [9.17, 15) is 4.79 Å². The number of rotatable bonds is 2. The van der Waals surface area contributed by atoms with Crippen molar-refractivity contribution in [3.63, 3.8) is 0 Å². The van der Waals surface area contributed by atoms with E-state index in [0.29, 0.717) is 12.5 Å². The van der Waals surface area contributed by atoms with Crippen LogP contribution in [0.2, 0.25) is 5.02 Å². The molecule has 1 aromatic rings. The predicted molar refractivity (Wildman–Crippen MR) is 78.9 cm³/mol. The van der Waals surface area contributed by atoms with Gasteiger partial charge in [0.15, 0.2) is 0 Å². The lowest BCUT2D eigenvalue weighted by Crippen LogP contribution is -2.37. The molecule has 0 saturated carbocycles. The topological polar surface area (TPSA) is 29.5 Å². The number of likely N-dealkylation sites (tertiary alicyclic amines) is 1. The summed E-state index contributed by atoms with van der Waals surface area (Å²) in [5, 5.41) is 0.761. The number of carbonyl (C=O) groups is 1. The maximum atomic E-state index is 12.5. The molecule has 3 nitrogen and oxygen atoms in total. The first-order valence-corrected chi connectivity index (χ1v) is 7.69. The van der Waals surface area contributed by atoms with E-state index in [1.54, 1.807) is 0 Å². The Balaban J connectivity index is 1.64. The Bertz CT molecular complexity index is 488. The maximum absolute atomic E-state index is 12.5. The van der Waals surface area contributed by atoms with Crippen LogP contribution < -0.4 is 0 Å². The van der Waals surface area contributed by atoms with Crippen LogP contribution in [0.3, 0.4) is 0 Å². The molecule has 0 unspecified atom stereocenters. The molecule has 0 N–H and O–H groups in total. The first-order valence-electron chi connectivity index (χ1n) is 7.31. The molecule has 1 aromatic carbocycles. The van der Waals surface area contributed by atoms with Gasteiger partial charge in [0.2, 0.25) is 5.91 Å². The van der Waals surface area contributed by atoms with Crippen molar-refractivity contribution in [2.45, 2.75) is 31.8 Å². The van der Waals surface area contributed by atoms with Gasteiger partial charge in [-0.1, -0.05) is 23.7 Å². The number of nitrogens with zero attached hydrogens (tertiary/aromatic N) is 1. The number of carbonyl (C=O) groups excluding carboxylic acids is 1. The molecule has 0 aromatic heterocycles. The quantitative estimate of drug-likeness (QED) is 0.839. The maximum Gasteiger partial charge on any atom is 0.228 e. The molecule has 2 aliphatic rings. The summed E-state index contributed by atoms with van der Waals surface area (Å²) in [6.45, 7) is 4.40. The number of hydrogen-bond acceptors (Lipinski definition) is 2. The summed E-state index contributed by atoms with van der Waals surface area (Å²) < 4.78 is 5.51. The molecule has 108 valence electrons. The fourth-order valence-electron chi connectivity index (χ4n) is 3.26. The van der Waals surface area contributed by atoms with Crippen molar-refractivity contribution < 1.29 is 9.53 Å². The molecule has 0 bridgehead atoms. The summed E-state index contributed by atoms with van der Waals surface area (Å²) in [7, 11) is 0. The lowest BCUT2D eigenvalue weighted by Gasteiger charge is -2.22. The Morgan fingerprint density at radius 2 is 2.05 bits per heavy atom. The molecule has 0 spiro atoms. The van der Waals surface area contributed by atoms with Gasteiger partial charge in [-0.15, -0.1) is 0 Å². The molecule has 3 rings (SSSR count). The van der Waals surface area contributed by atoms with Gasteiger partial charge in [-0.2, -0.15) is 0 Å². The number of halogens is 1. The molecule has 0 aliphatic carbocycles. The summed E-state index contributed by atoms with van der Waals surface area (Å²) in [5.74, 6) is 0.763. The Morgan fingerprint density at radius 3 is 2.70 bits per heavy atom. The van der Waals surface area contributed by atoms with Crippen molar-refractivity contribution in [2.75, 3.05) is 19.7 Å². The highest BCUT2D eigenvalue weighted by Crippen LogP contribution is 2.31. The Morgan fingerprint density at radius 1 is 1.30 bits per heavy atom. The smallest absolute Gasteiger partial charge is 0.228 e. The Hall–Kier alpha value is -1.06. The molecule has 2 saturated heterocycles. The zero-order valence-corrected chi connectivity index (χ0v) is 12.5. The highest BCUT2D eigenvalue weighted by Gasteiger charge is 2.36. The second-order valence-electron chi connectivity index (χ2n) is 5.79. The summed E-state index contributed by atoms with van der Waals surface area (Å²) in [4.78, 5) is 14.5. The van der Waals surface area contributed by atoms with Crippen molar-refractivity contribution >= 4 is 17.5 Å². The average molecular weight is 294 g/mol. The van der Waals surface area contributed by atoms with E-state index < -0.39 is 0 Å². The summed E-state index contributed by atoms with van der Waals surface area (Å²) in [5.41, 5.74) is 1.28. The van der Waals surface area contributed by atoms with Crippen LogP contribution in [-0.2, 0) is 9.53 Å². The first-order chi connectivity index (χ1) is 9.65. The normalized spacial score (nSPS) is 29.9. The van der Waals surface area contributed by atoms with Crippen molar-refractivity contribution in [3.05, 3.63) is 34.9 Å². The lowest BCUT2D eigenvalue weighted by atomic mass is 9.98. The van der Waals surface area contributed by atoms with Gasteiger partial charge < -0.3 is 9.64 Å². The van der Waals surface area contributed by atoms with Gasteiger partial charge >= 0.3 is 0 Å². The van der Waals surface area contributed by atoms with Gasteiger partial charge in [0.25, 0.3) is 0 Å². The van der Waals surface area contributed by atoms with Crippen molar-refractivity contribution in [1.82, 2.24) is 4.90 Å². The van der Waals surface area contributed by atoms with Crippen LogP contribution in [0.25, 0.3) is 0 Å². The van der Waals surface area contributed by atoms with Crippen LogP contribution in [0.4, 0.5) is 0 Å². The third kappa shape index (κ3) is 2.70. The lowest BCUT2D eigenvalue weighted by molar-refractivity contribution is -0.135. The van der Waals surface area contributed by atoms with Gasteiger partial charge in [-0.25, -0.2) is 0 Å². The second kappa shape index (κ2) is 5.74. The van der Waals surface area contributed by atoms with E-state index in [1.807, 2.05) is 24.0 Å². The molecule has 0 radical (unpaired) electrons.